The predicted octanol–water partition coefficient (Wildman–Crippen LogP) is 2.80. The molecule has 1 fully saturated rings. The van der Waals surface area contributed by atoms with Gasteiger partial charge in [-0.15, -0.1) is 0 Å². The van der Waals surface area contributed by atoms with Crippen LogP contribution in [0.4, 0.5) is 5.69 Å². The number of hydrogen-bond acceptors (Lipinski definition) is 3. The fourth-order valence-electron chi connectivity index (χ4n) is 3.07. The molecule has 2 aromatic carbocycles. The number of methoxy groups -OCH3 is 1. The van der Waals surface area contributed by atoms with Gasteiger partial charge >= 0.3 is 0 Å². The zero-order valence-electron chi connectivity index (χ0n) is 15.2. The Hall–Kier alpha value is -2.82. The smallest absolute Gasteiger partial charge is 0.242 e. The number of nitrogens with one attached hydrogen (secondary N) is 1. The molecule has 1 aliphatic carbocycles. The molecule has 5 nitrogen and oxygen atoms in total. The van der Waals surface area contributed by atoms with Crippen LogP contribution in [-0.2, 0) is 16.0 Å². The number of benzene rings is 2. The molecule has 1 aliphatic rings. The van der Waals surface area contributed by atoms with Gasteiger partial charge in [0.2, 0.25) is 11.8 Å². The van der Waals surface area contributed by atoms with Gasteiger partial charge in [0.25, 0.3) is 0 Å². The zero-order valence-corrected chi connectivity index (χ0v) is 15.2. The number of amides is 2. The predicted molar refractivity (Wildman–Crippen MR) is 101 cm³/mol. The Kier molecular flexibility index (Phi) is 5.26. The number of carbonyl (C=O) groups excluding carboxylic acids is 2. The Morgan fingerprint density at radius 2 is 1.85 bits per heavy atom. The van der Waals surface area contributed by atoms with Gasteiger partial charge in [-0.3, -0.25) is 9.59 Å². The molecule has 0 bridgehead atoms. The van der Waals surface area contributed by atoms with Gasteiger partial charge in [-0.25, -0.2) is 0 Å². The normalized spacial score (nSPS) is 14.4. The van der Waals surface area contributed by atoms with E-state index in [1.807, 2.05) is 54.6 Å². The molecule has 2 aromatic rings. The molecule has 1 N–H and O–H groups in total. The summed E-state index contributed by atoms with van der Waals surface area (Å²) < 4.78 is 5.21. The molecule has 136 valence electrons. The van der Waals surface area contributed by atoms with Gasteiger partial charge in [0, 0.05) is 19.3 Å². The molecule has 0 aliphatic heterocycles. The van der Waals surface area contributed by atoms with Crippen molar-refractivity contribution >= 4 is 17.5 Å². The number of nitrogens with zero attached hydrogens (tertiary/aromatic N) is 1. The van der Waals surface area contributed by atoms with E-state index in [1.165, 1.54) is 0 Å². The van der Waals surface area contributed by atoms with E-state index < -0.39 is 5.41 Å². The van der Waals surface area contributed by atoms with Crippen molar-refractivity contribution in [3.05, 3.63) is 60.2 Å². The SMILES string of the molecule is COc1cccc(CCNC(=O)C2(C(=O)N(C)c3ccccc3)CC2)c1. The van der Waals surface area contributed by atoms with Crippen LogP contribution in [0, 0.1) is 5.41 Å². The van der Waals surface area contributed by atoms with E-state index in [4.69, 9.17) is 4.74 Å². The van der Waals surface area contributed by atoms with Crippen molar-refractivity contribution in [2.45, 2.75) is 19.3 Å². The molecule has 0 aromatic heterocycles. The monoisotopic (exact) mass is 352 g/mol. The lowest BCUT2D eigenvalue weighted by molar-refractivity contribution is -0.135. The molecule has 0 unspecified atom stereocenters. The standard InChI is InChI=1S/C21H24N2O3/c1-23(17-8-4-3-5-9-17)20(25)21(12-13-21)19(24)22-14-11-16-7-6-10-18(15-16)26-2/h3-10,15H,11-14H2,1-2H3,(H,22,24). The van der Waals surface area contributed by atoms with E-state index >= 15 is 0 Å². The molecule has 0 saturated heterocycles. The minimum atomic E-state index is -0.904. The van der Waals surface area contributed by atoms with Gasteiger partial charge in [-0.1, -0.05) is 30.3 Å². The second-order valence-corrected chi connectivity index (χ2v) is 6.64. The fourth-order valence-corrected chi connectivity index (χ4v) is 3.07. The minimum Gasteiger partial charge on any atom is -0.497 e. The van der Waals surface area contributed by atoms with Crippen LogP contribution in [0.15, 0.2) is 54.6 Å². The van der Waals surface area contributed by atoms with Crippen molar-refractivity contribution < 1.29 is 14.3 Å². The molecule has 26 heavy (non-hydrogen) atoms. The Morgan fingerprint density at radius 3 is 2.50 bits per heavy atom. The molecule has 0 heterocycles. The summed E-state index contributed by atoms with van der Waals surface area (Å²) in [6.45, 7) is 0.496. The average Bonchev–Trinajstić information content (AvgIpc) is 3.49. The first kappa shape index (κ1) is 18.0. The lowest BCUT2D eigenvalue weighted by atomic mass is 10.0. The Balaban J connectivity index is 1.57. The molecule has 0 radical (unpaired) electrons. The highest BCUT2D eigenvalue weighted by atomic mass is 16.5. The number of rotatable bonds is 7. The number of carbonyl (C=O) groups is 2. The molecular weight excluding hydrogens is 328 g/mol. The van der Waals surface area contributed by atoms with Crippen LogP contribution in [0.5, 0.6) is 5.75 Å². The first-order valence-corrected chi connectivity index (χ1v) is 8.81. The van der Waals surface area contributed by atoms with Crippen LogP contribution in [-0.4, -0.2) is 32.5 Å². The van der Waals surface area contributed by atoms with Crippen LogP contribution in [0.2, 0.25) is 0 Å². The van der Waals surface area contributed by atoms with Crippen LogP contribution in [0.1, 0.15) is 18.4 Å². The summed E-state index contributed by atoms with van der Waals surface area (Å²) in [4.78, 5) is 27.0. The highest BCUT2D eigenvalue weighted by molar-refractivity contribution is 6.13. The van der Waals surface area contributed by atoms with Crippen molar-refractivity contribution in [3.63, 3.8) is 0 Å². The summed E-state index contributed by atoms with van der Waals surface area (Å²) in [7, 11) is 3.36. The second-order valence-electron chi connectivity index (χ2n) is 6.64. The summed E-state index contributed by atoms with van der Waals surface area (Å²) in [5, 5.41) is 2.93. The van der Waals surface area contributed by atoms with Gasteiger partial charge in [0.05, 0.1) is 7.11 Å². The van der Waals surface area contributed by atoms with E-state index in [-0.39, 0.29) is 11.8 Å². The van der Waals surface area contributed by atoms with Crippen molar-refractivity contribution in [1.82, 2.24) is 5.32 Å². The maximum atomic E-state index is 12.8. The summed E-state index contributed by atoms with van der Waals surface area (Å²) in [5.74, 6) is 0.489. The Bertz CT molecular complexity index is 785. The largest absolute Gasteiger partial charge is 0.497 e. The molecule has 0 spiro atoms. The molecule has 5 heteroatoms. The third-order valence-electron chi connectivity index (χ3n) is 4.88. The number of hydrogen-bond donors (Lipinski definition) is 1. The lowest BCUT2D eigenvalue weighted by Crippen LogP contribution is -2.44. The summed E-state index contributed by atoms with van der Waals surface area (Å²) >= 11 is 0. The van der Waals surface area contributed by atoms with Crippen LogP contribution < -0.4 is 15.0 Å². The van der Waals surface area contributed by atoms with E-state index in [0.29, 0.717) is 25.8 Å². The molecular formula is C21H24N2O3. The van der Waals surface area contributed by atoms with Crippen LogP contribution in [0.25, 0.3) is 0 Å². The maximum absolute atomic E-state index is 12.8. The van der Waals surface area contributed by atoms with Crippen molar-refractivity contribution in [1.29, 1.82) is 0 Å². The summed E-state index contributed by atoms with van der Waals surface area (Å²) in [5.41, 5.74) is 0.981. The fraction of sp³-hybridized carbons (Fsp3) is 0.333. The quantitative estimate of drug-likeness (QED) is 0.780. The highest BCUT2D eigenvalue weighted by Gasteiger charge is 2.57. The van der Waals surface area contributed by atoms with Gasteiger partial charge < -0.3 is 15.0 Å². The second kappa shape index (κ2) is 7.60. The number of para-hydroxylation sites is 1. The maximum Gasteiger partial charge on any atom is 0.242 e. The summed E-state index contributed by atoms with van der Waals surface area (Å²) in [6, 6.07) is 17.2. The van der Waals surface area contributed by atoms with Gasteiger partial charge in [-0.2, -0.15) is 0 Å². The van der Waals surface area contributed by atoms with Crippen molar-refractivity contribution in [2.24, 2.45) is 5.41 Å². The highest BCUT2D eigenvalue weighted by Crippen LogP contribution is 2.47. The Morgan fingerprint density at radius 1 is 1.12 bits per heavy atom. The molecule has 2 amide bonds. The molecule has 1 saturated carbocycles. The first-order valence-electron chi connectivity index (χ1n) is 8.81. The van der Waals surface area contributed by atoms with Gasteiger partial charge in [0.15, 0.2) is 0 Å². The molecule has 0 atom stereocenters. The Labute approximate surface area is 154 Å². The zero-order chi connectivity index (χ0) is 18.6. The average molecular weight is 352 g/mol. The number of anilines is 1. The minimum absolute atomic E-state index is 0.136. The van der Waals surface area contributed by atoms with Crippen molar-refractivity contribution in [3.8, 4) is 5.75 Å². The third-order valence-corrected chi connectivity index (χ3v) is 4.88. The third kappa shape index (κ3) is 3.72. The van der Waals surface area contributed by atoms with Gasteiger partial charge in [0.1, 0.15) is 11.2 Å². The van der Waals surface area contributed by atoms with E-state index in [2.05, 4.69) is 5.32 Å². The number of ether oxygens (including phenoxy) is 1. The van der Waals surface area contributed by atoms with Crippen molar-refractivity contribution in [2.75, 3.05) is 25.6 Å². The topological polar surface area (TPSA) is 58.6 Å². The van der Waals surface area contributed by atoms with Gasteiger partial charge in [-0.05, 0) is 49.1 Å². The van der Waals surface area contributed by atoms with Crippen LogP contribution in [0.3, 0.4) is 0 Å². The van der Waals surface area contributed by atoms with E-state index in [0.717, 1.165) is 17.0 Å². The summed E-state index contributed by atoms with van der Waals surface area (Å²) in [6.07, 6.45) is 1.91. The van der Waals surface area contributed by atoms with Crippen LogP contribution >= 0.6 is 0 Å². The lowest BCUT2D eigenvalue weighted by Gasteiger charge is -2.23. The first-order chi connectivity index (χ1) is 12.6. The van der Waals surface area contributed by atoms with E-state index in [9.17, 15) is 9.59 Å². The molecule has 3 rings (SSSR count). The van der Waals surface area contributed by atoms with E-state index in [1.54, 1.807) is 19.1 Å².